The first-order chi connectivity index (χ1) is 22.5. The van der Waals surface area contributed by atoms with Crippen molar-refractivity contribution >= 4 is 23.7 Å². The molecule has 0 saturated heterocycles. The van der Waals surface area contributed by atoms with Crippen LogP contribution in [-0.4, -0.2) is 50.6 Å². The van der Waals surface area contributed by atoms with Crippen LogP contribution in [0.5, 0.6) is 11.5 Å². The van der Waals surface area contributed by atoms with Crippen LogP contribution in [0.15, 0.2) is 108 Å². The van der Waals surface area contributed by atoms with Gasteiger partial charge in [0.25, 0.3) is 0 Å². The average Bonchev–Trinajstić information content (AvgIpc) is 3.46. The molecule has 0 aliphatic carbocycles. The summed E-state index contributed by atoms with van der Waals surface area (Å²) in [5.41, 5.74) is 8.66. The third-order valence-electron chi connectivity index (χ3n) is 8.76. The van der Waals surface area contributed by atoms with Gasteiger partial charge >= 0.3 is 5.97 Å². The molecule has 46 heavy (non-hydrogen) atoms. The Kier molecular flexibility index (Phi) is 9.62. The quantitative estimate of drug-likeness (QED) is 0.120. The second-order valence-electron chi connectivity index (χ2n) is 12.0. The number of esters is 1. The number of hydrogen-bond acceptors (Lipinski definition) is 6. The predicted octanol–water partition coefficient (Wildman–Crippen LogP) is 7.77. The van der Waals surface area contributed by atoms with Gasteiger partial charge in [0.05, 0.1) is 25.8 Å². The van der Waals surface area contributed by atoms with E-state index < -0.39 is 0 Å². The van der Waals surface area contributed by atoms with E-state index in [0.717, 1.165) is 53.3 Å². The number of para-hydroxylation sites is 1. The van der Waals surface area contributed by atoms with Gasteiger partial charge in [-0.1, -0.05) is 80.1 Å². The summed E-state index contributed by atoms with van der Waals surface area (Å²) in [4.78, 5) is 19.8. The molecule has 0 amide bonds. The number of aryl methyl sites for hydroxylation is 1. The van der Waals surface area contributed by atoms with E-state index >= 15 is 0 Å². The molecular formula is C39H42N3O4+. The van der Waals surface area contributed by atoms with E-state index in [1.165, 1.54) is 24.1 Å². The number of methoxy groups -OCH3 is 1. The third-order valence-corrected chi connectivity index (χ3v) is 8.76. The molecule has 0 N–H and O–H groups in total. The Morgan fingerprint density at radius 2 is 1.54 bits per heavy atom. The van der Waals surface area contributed by atoms with E-state index in [0.29, 0.717) is 42.9 Å². The zero-order chi connectivity index (χ0) is 31.9. The highest BCUT2D eigenvalue weighted by molar-refractivity contribution is 5.93. The molecule has 7 heteroatoms. The summed E-state index contributed by atoms with van der Waals surface area (Å²) in [6.07, 6.45) is 4.30. The smallest absolute Gasteiger partial charge is 0.337 e. The molecule has 0 saturated carbocycles. The molecule has 1 unspecified atom stereocenters. The van der Waals surface area contributed by atoms with Crippen molar-refractivity contribution in [1.82, 2.24) is 9.38 Å². The topological polar surface area (TPSA) is 60.4 Å². The molecule has 4 aromatic carbocycles. The maximum atomic E-state index is 12.1. The monoisotopic (exact) mass is 616 g/mol. The molecule has 0 fully saturated rings. The molecular weight excluding hydrogens is 574 g/mol. The molecule has 2 aliphatic rings. The fraction of sp³-hybridized carbons (Fsp3) is 0.282. The minimum absolute atomic E-state index is 0.336. The summed E-state index contributed by atoms with van der Waals surface area (Å²) < 4.78 is 17.3. The van der Waals surface area contributed by atoms with Gasteiger partial charge in [-0.15, -0.1) is 0 Å². The van der Waals surface area contributed by atoms with Crippen molar-refractivity contribution in [2.24, 2.45) is 4.99 Å². The van der Waals surface area contributed by atoms with Gasteiger partial charge in [-0.2, -0.15) is 4.99 Å². The summed E-state index contributed by atoms with van der Waals surface area (Å²) in [5, 5.41) is 0. The average molecular weight is 617 g/mol. The Bertz CT molecular complexity index is 1730. The molecule has 6 rings (SSSR count). The van der Waals surface area contributed by atoms with E-state index in [-0.39, 0.29) is 5.97 Å². The largest absolute Gasteiger partial charge is 0.486 e. The number of hydrogen-bond donors (Lipinski definition) is 0. The summed E-state index contributed by atoms with van der Waals surface area (Å²) in [7, 11) is 1.41. The number of ether oxygens (including phenoxy) is 3. The van der Waals surface area contributed by atoms with Crippen LogP contribution in [0.25, 0.3) is 5.70 Å². The van der Waals surface area contributed by atoms with Gasteiger partial charge in [-0.3, -0.25) is 4.90 Å². The zero-order valence-corrected chi connectivity index (χ0v) is 26.9. The van der Waals surface area contributed by atoms with Gasteiger partial charge in [0.2, 0.25) is 6.34 Å². The van der Waals surface area contributed by atoms with E-state index in [1.807, 2.05) is 30.3 Å². The number of fused-ring (bicyclic) bond motifs is 1. The lowest BCUT2D eigenvalue weighted by molar-refractivity contribution is 0.0600. The van der Waals surface area contributed by atoms with Gasteiger partial charge < -0.3 is 14.2 Å². The van der Waals surface area contributed by atoms with Gasteiger partial charge in [0, 0.05) is 30.3 Å². The Labute approximate surface area is 272 Å². The number of carbonyl (C=O) groups is 1. The van der Waals surface area contributed by atoms with Crippen LogP contribution < -0.4 is 14.0 Å². The lowest BCUT2D eigenvalue weighted by Gasteiger charge is -2.36. The Balaban J connectivity index is 1.44. The number of carbonyl (C=O) groups excluding carboxylic acids is 1. The third kappa shape index (κ3) is 6.62. The fourth-order valence-corrected chi connectivity index (χ4v) is 6.41. The number of aliphatic imine (C=N–C) groups is 1. The molecule has 0 radical (unpaired) electrons. The molecule has 7 nitrogen and oxygen atoms in total. The molecule has 236 valence electrons. The fourth-order valence-electron chi connectivity index (χ4n) is 6.41. The molecule has 0 bridgehead atoms. The van der Waals surface area contributed by atoms with Crippen LogP contribution in [0.4, 0.5) is 5.69 Å². The van der Waals surface area contributed by atoms with Gasteiger partial charge in [0.15, 0.2) is 17.2 Å². The molecule has 2 heterocycles. The van der Waals surface area contributed by atoms with E-state index in [4.69, 9.17) is 19.2 Å². The Morgan fingerprint density at radius 3 is 2.28 bits per heavy atom. The van der Waals surface area contributed by atoms with Crippen LogP contribution in [0.3, 0.4) is 0 Å². The second kappa shape index (κ2) is 14.1. The minimum atomic E-state index is -0.336. The normalized spacial score (nSPS) is 17.0. The first-order valence-corrected chi connectivity index (χ1v) is 16.1. The van der Waals surface area contributed by atoms with E-state index in [1.54, 1.807) is 0 Å². The van der Waals surface area contributed by atoms with E-state index in [2.05, 4.69) is 91.8 Å². The Hall–Kier alpha value is -4.72. The highest BCUT2D eigenvalue weighted by atomic mass is 16.6. The minimum Gasteiger partial charge on any atom is -0.486 e. The number of rotatable bonds is 12. The van der Waals surface area contributed by atoms with Crippen molar-refractivity contribution in [2.45, 2.75) is 39.8 Å². The first-order valence-electron chi connectivity index (χ1n) is 16.1. The predicted molar refractivity (Wildman–Crippen MR) is 184 cm³/mol. The van der Waals surface area contributed by atoms with Crippen LogP contribution in [-0.2, 0) is 17.8 Å². The highest BCUT2D eigenvalue weighted by Gasteiger charge is 2.42. The number of unbranched alkanes of at least 4 members (excludes halogenated alkanes) is 1. The van der Waals surface area contributed by atoms with Crippen molar-refractivity contribution in [3.05, 3.63) is 131 Å². The molecule has 2 aliphatic heterocycles. The van der Waals surface area contributed by atoms with Gasteiger partial charge in [-0.25, -0.2) is 9.28 Å². The lowest BCUT2D eigenvalue weighted by atomic mass is 10.0. The zero-order valence-electron chi connectivity index (χ0n) is 26.9. The first kappa shape index (κ1) is 31.3. The second-order valence-corrected chi connectivity index (χ2v) is 12.0. The van der Waals surface area contributed by atoms with Crippen molar-refractivity contribution in [2.75, 3.05) is 33.4 Å². The number of quaternary nitrogens is 1. The molecule has 1 atom stereocenters. The van der Waals surface area contributed by atoms with Crippen LogP contribution >= 0.6 is 0 Å². The van der Waals surface area contributed by atoms with Crippen molar-refractivity contribution < 1.29 is 19.0 Å². The van der Waals surface area contributed by atoms with Crippen molar-refractivity contribution in [3.63, 3.8) is 0 Å². The van der Waals surface area contributed by atoms with Crippen LogP contribution in [0, 0.1) is 6.92 Å². The lowest BCUT2D eigenvalue weighted by Crippen LogP contribution is -2.49. The van der Waals surface area contributed by atoms with Crippen LogP contribution in [0.2, 0.25) is 0 Å². The van der Waals surface area contributed by atoms with E-state index in [9.17, 15) is 4.79 Å². The maximum Gasteiger partial charge on any atom is 0.337 e. The van der Waals surface area contributed by atoms with Crippen LogP contribution in [0.1, 0.15) is 52.4 Å². The summed E-state index contributed by atoms with van der Waals surface area (Å²) in [6, 6.07) is 33.2. The number of benzene rings is 4. The maximum absolute atomic E-state index is 12.1. The highest BCUT2D eigenvalue weighted by Crippen LogP contribution is 2.40. The molecule has 0 aromatic heterocycles. The van der Waals surface area contributed by atoms with Gasteiger partial charge in [0.1, 0.15) is 24.6 Å². The standard InChI is InChI=1S/C39H42N3O4/c1-4-5-21-42(34-14-10-9-11-29(34)2)28-40-38(32-12-7-6-8-13-32)35(42)27-41(25-30-15-18-33(19-16-30)39(43)44-3)26-31-17-20-36-37(24-31)46-23-22-45-36/h6-20,24,28H,4-5,21-23,25-27H2,1-3H3/q+1. The van der Waals surface area contributed by atoms with Crippen molar-refractivity contribution in [3.8, 4) is 11.5 Å². The SMILES string of the molecule is CCCC[N+]1(c2ccccc2C)C=NC(c2ccccc2)=C1CN(Cc1ccc(C(=O)OC)cc1)Cc1ccc2c(c1)OCCO2. The summed E-state index contributed by atoms with van der Waals surface area (Å²) in [6.45, 7) is 8.50. The summed E-state index contributed by atoms with van der Waals surface area (Å²) in [5.74, 6) is 1.23. The Morgan fingerprint density at radius 1 is 0.848 bits per heavy atom. The van der Waals surface area contributed by atoms with Crippen molar-refractivity contribution in [1.29, 1.82) is 0 Å². The molecule has 4 aromatic rings. The summed E-state index contributed by atoms with van der Waals surface area (Å²) >= 11 is 0. The number of nitrogens with zero attached hydrogens (tertiary/aromatic N) is 3. The molecule has 0 spiro atoms. The van der Waals surface area contributed by atoms with Gasteiger partial charge in [-0.05, 0) is 48.7 Å².